The summed E-state index contributed by atoms with van der Waals surface area (Å²) in [6, 6.07) is 24.1. The van der Waals surface area contributed by atoms with Gasteiger partial charge in [-0.3, -0.25) is 4.79 Å². The molecule has 0 saturated heterocycles. The van der Waals surface area contributed by atoms with Crippen molar-refractivity contribution in [3.8, 4) is 0 Å². The highest BCUT2D eigenvalue weighted by molar-refractivity contribution is 6.05. The third kappa shape index (κ3) is 6.39. The molecule has 0 atom stereocenters. The van der Waals surface area contributed by atoms with Gasteiger partial charge in [0.15, 0.2) is 0 Å². The zero-order valence-electron chi connectivity index (χ0n) is 19.7. The Morgan fingerprint density at radius 3 is 2.35 bits per heavy atom. The van der Waals surface area contributed by atoms with E-state index in [9.17, 15) is 4.79 Å². The zero-order chi connectivity index (χ0) is 23.0. The number of carbonyl (C=O) groups is 1. The molecule has 0 aliphatic heterocycles. The van der Waals surface area contributed by atoms with Crippen LogP contribution in [0.4, 0.5) is 11.6 Å². The van der Waals surface area contributed by atoms with Crippen molar-refractivity contribution >= 4 is 41.0 Å². The maximum Gasteiger partial charge on any atom is 0.255 e. The van der Waals surface area contributed by atoms with Gasteiger partial charge in [-0.25, -0.2) is 4.98 Å². The normalized spacial score (nSPS) is 10.7. The molecule has 0 aliphatic rings. The van der Waals surface area contributed by atoms with E-state index >= 15 is 0 Å². The Morgan fingerprint density at radius 2 is 1.62 bits per heavy atom. The Labute approximate surface area is 207 Å². The summed E-state index contributed by atoms with van der Waals surface area (Å²) in [6.45, 7) is 3.00. The van der Waals surface area contributed by atoms with Gasteiger partial charge >= 0.3 is 0 Å². The number of aromatic nitrogens is 2. The number of benzene rings is 3. The van der Waals surface area contributed by atoms with Crippen LogP contribution in [0.15, 0.2) is 72.8 Å². The molecule has 5 nitrogen and oxygen atoms in total. The van der Waals surface area contributed by atoms with Gasteiger partial charge in [-0.05, 0) is 67.1 Å². The summed E-state index contributed by atoms with van der Waals surface area (Å²) in [5.41, 5.74) is 11.9. The van der Waals surface area contributed by atoms with Crippen molar-refractivity contribution in [2.45, 2.75) is 52.0 Å². The molecule has 34 heavy (non-hydrogen) atoms. The second-order valence-corrected chi connectivity index (χ2v) is 8.52. The van der Waals surface area contributed by atoms with Crippen LogP contribution in [0, 0.1) is 0 Å². The molecule has 0 radical (unpaired) electrons. The Bertz CT molecular complexity index is 1200. The molecule has 0 spiro atoms. The van der Waals surface area contributed by atoms with Crippen molar-refractivity contribution in [2.75, 3.05) is 11.1 Å². The minimum absolute atomic E-state index is 0. The van der Waals surface area contributed by atoms with Gasteiger partial charge in [-0.2, -0.15) is 0 Å². The highest BCUT2D eigenvalue weighted by Gasteiger charge is 2.11. The van der Waals surface area contributed by atoms with Gasteiger partial charge in [0.25, 0.3) is 5.91 Å². The van der Waals surface area contributed by atoms with Gasteiger partial charge < -0.3 is 15.6 Å². The molecule has 3 N–H and O–H groups in total. The third-order valence-corrected chi connectivity index (χ3v) is 6.01. The molecule has 0 saturated carbocycles. The molecule has 4 rings (SSSR count). The first-order valence-electron chi connectivity index (χ1n) is 11.8. The lowest BCUT2D eigenvalue weighted by molar-refractivity contribution is 0.102. The molecule has 1 aromatic heterocycles. The lowest BCUT2D eigenvalue weighted by atomic mass is 10.1. The van der Waals surface area contributed by atoms with Crippen molar-refractivity contribution < 1.29 is 4.79 Å². The Hall–Kier alpha value is -3.31. The highest BCUT2D eigenvalue weighted by atomic mass is 35.5. The van der Waals surface area contributed by atoms with Gasteiger partial charge in [0.2, 0.25) is 5.95 Å². The first-order chi connectivity index (χ1) is 16.1. The lowest BCUT2D eigenvalue weighted by Gasteiger charge is -2.08. The van der Waals surface area contributed by atoms with Crippen LogP contribution in [-0.2, 0) is 19.4 Å². The molecule has 0 unspecified atom stereocenters. The van der Waals surface area contributed by atoms with Gasteiger partial charge in [0.1, 0.15) is 0 Å². The lowest BCUT2D eigenvalue weighted by Crippen LogP contribution is -2.11. The number of carbonyl (C=O) groups excluding carboxylic acids is 1. The highest BCUT2D eigenvalue weighted by Crippen LogP contribution is 2.23. The molecule has 1 amide bonds. The number of anilines is 2. The maximum atomic E-state index is 12.7. The van der Waals surface area contributed by atoms with Crippen molar-refractivity contribution in [3.05, 3.63) is 89.5 Å². The summed E-state index contributed by atoms with van der Waals surface area (Å²) in [5, 5.41) is 2.99. The van der Waals surface area contributed by atoms with E-state index in [-0.39, 0.29) is 18.3 Å². The number of imidazole rings is 1. The van der Waals surface area contributed by atoms with Crippen molar-refractivity contribution in [1.82, 2.24) is 9.55 Å². The van der Waals surface area contributed by atoms with Gasteiger partial charge in [0, 0.05) is 17.8 Å². The Morgan fingerprint density at radius 1 is 0.912 bits per heavy atom. The van der Waals surface area contributed by atoms with E-state index < -0.39 is 0 Å². The molecule has 0 aliphatic carbocycles. The minimum atomic E-state index is -0.121. The number of rotatable bonds is 10. The average molecular weight is 477 g/mol. The van der Waals surface area contributed by atoms with Crippen molar-refractivity contribution in [2.24, 2.45) is 0 Å². The fourth-order valence-electron chi connectivity index (χ4n) is 4.15. The van der Waals surface area contributed by atoms with Gasteiger partial charge in [-0.1, -0.05) is 62.2 Å². The number of nitrogen functional groups attached to an aromatic ring is 1. The molecule has 0 fully saturated rings. The largest absolute Gasteiger partial charge is 0.369 e. The monoisotopic (exact) mass is 476 g/mol. The quantitative estimate of drug-likeness (QED) is 0.251. The van der Waals surface area contributed by atoms with Crippen molar-refractivity contribution in [3.63, 3.8) is 0 Å². The first kappa shape index (κ1) is 25.3. The predicted octanol–water partition coefficient (Wildman–Crippen LogP) is 6.66. The van der Waals surface area contributed by atoms with Crippen LogP contribution >= 0.6 is 12.4 Å². The molecular weight excluding hydrogens is 444 g/mol. The number of halogens is 1. The number of nitrogens with one attached hydrogen (secondary N) is 1. The Kier molecular flexibility index (Phi) is 9.11. The number of hydrogen-bond donors (Lipinski definition) is 2. The van der Waals surface area contributed by atoms with Crippen LogP contribution in [0.1, 0.15) is 54.1 Å². The van der Waals surface area contributed by atoms with Crippen LogP contribution < -0.4 is 11.1 Å². The van der Waals surface area contributed by atoms with Crippen LogP contribution in [0.2, 0.25) is 0 Å². The Balaban J connectivity index is 0.00000324. The first-order valence-corrected chi connectivity index (χ1v) is 11.8. The second-order valence-electron chi connectivity index (χ2n) is 8.52. The van der Waals surface area contributed by atoms with Crippen molar-refractivity contribution in [1.29, 1.82) is 0 Å². The van der Waals surface area contributed by atoms with E-state index in [1.165, 1.54) is 30.4 Å². The van der Waals surface area contributed by atoms with E-state index in [1.54, 1.807) is 0 Å². The van der Waals surface area contributed by atoms with Gasteiger partial charge in [0.05, 0.1) is 11.0 Å². The number of nitrogens with two attached hydrogens (primary N) is 1. The maximum absolute atomic E-state index is 12.7. The standard InChI is InChI=1S/C28H32N4O.ClH/c1-2-3-5-9-22-13-15-23(16-14-22)27(33)30-24-17-18-26-25(20-24)31-28(29)32(26)19-8-12-21-10-6-4-7-11-21;/h4,6-7,10-11,13-18,20H,2-3,5,8-9,12,19H2,1H3,(H2,29,31)(H,30,33);1H. The predicted molar refractivity (Wildman–Crippen MR) is 144 cm³/mol. The van der Waals surface area contributed by atoms with E-state index in [0.29, 0.717) is 17.2 Å². The summed E-state index contributed by atoms with van der Waals surface area (Å²) in [5.74, 6) is 0.380. The van der Waals surface area contributed by atoms with E-state index in [2.05, 4.69) is 41.5 Å². The topological polar surface area (TPSA) is 72.9 Å². The summed E-state index contributed by atoms with van der Waals surface area (Å²) >= 11 is 0. The molecule has 0 bridgehead atoms. The number of fused-ring (bicyclic) bond motifs is 1. The summed E-state index contributed by atoms with van der Waals surface area (Å²) in [6.07, 6.45) is 6.66. The molecule has 1 heterocycles. The van der Waals surface area contributed by atoms with Crippen LogP contribution in [0.5, 0.6) is 0 Å². The average Bonchev–Trinajstić information content (AvgIpc) is 3.14. The third-order valence-electron chi connectivity index (χ3n) is 6.01. The fraction of sp³-hybridized carbons (Fsp3) is 0.286. The van der Waals surface area contributed by atoms with Crippen LogP contribution in [0.25, 0.3) is 11.0 Å². The SMILES string of the molecule is CCCCCc1ccc(C(=O)Nc2ccc3c(c2)nc(N)n3CCCc2ccccc2)cc1.Cl. The number of unbranched alkanes of at least 4 members (excludes halogenated alkanes) is 2. The number of hydrogen-bond acceptors (Lipinski definition) is 3. The number of nitrogens with zero attached hydrogens (tertiary/aromatic N) is 2. The molecule has 3 aromatic carbocycles. The van der Waals surface area contributed by atoms with E-state index in [4.69, 9.17) is 5.73 Å². The van der Waals surface area contributed by atoms with E-state index in [0.717, 1.165) is 36.8 Å². The minimum Gasteiger partial charge on any atom is -0.369 e. The molecule has 6 heteroatoms. The molecular formula is C28H33ClN4O. The fourth-order valence-corrected chi connectivity index (χ4v) is 4.15. The summed E-state index contributed by atoms with van der Waals surface area (Å²) in [7, 11) is 0. The van der Waals surface area contributed by atoms with E-state index in [1.807, 2.05) is 53.1 Å². The van der Waals surface area contributed by atoms with Crippen LogP contribution in [-0.4, -0.2) is 15.5 Å². The number of amides is 1. The molecule has 178 valence electrons. The van der Waals surface area contributed by atoms with Crippen LogP contribution in [0.3, 0.4) is 0 Å². The second kappa shape index (κ2) is 12.2. The number of aryl methyl sites for hydroxylation is 3. The zero-order valence-corrected chi connectivity index (χ0v) is 20.5. The molecule has 4 aromatic rings. The van der Waals surface area contributed by atoms with Gasteiger partial charge in [-0.15, -0.1) is 12.4 Å². The summed E-state index contributed by atoms with van der Waals surface area (Å²) in [4.78, 5) is 17.2. The summed E-state index contributed by atoms with van der Waals surface area (Å²) < 4.78 is 2.04. The smallest absolute Gasteiger partial charge is 0.255 e.